The highest BCUT2D eigenvalue weighted by Gasteiger charge is 2.33. The number of rotatable bonds is 1. The molecule has 0 atom stereocenters. The standard InChI is InChI=1S/C20H29N3O2/c1-14-12-15(2)17-6-5-9-23(18(17)13-14)19(24)16-7-10-22(11-8-16)20(25)21(3)4/h12-13,16H,5-11H2,1-4H3. The molecule has 2 aliphatic rings. The van der Waals surface area contributed by atoms with Crippen LogP contribution in [0.1, 0.15) is 36.0 Å². The number of likely N-dealkylation sites (tertiary alicyclic amines) is 1. The third-order valence-electron chi connectivity index (χ3n) is 5.46. The van der Waals surface area contributed by atoms with Gasteiger partial charge in [-0.2, -0.15) is 0 Å². The van der Waals surface area contributed by atoms with E-state index in [1.807, 2.05) is 9.80 Å². The summed E-state index contributed by atoms with van der Waals surface area (Å²) < 4.78 is 0. The van der Waals surface area contributed by atoms with Crippen molar-refractivity contribution in [3.63, 3.8) is 0 Å². The van der Waals surface area contributed by atoms with Crippen molar-refractivity contribution >= 4 is 17.6 Å². The van der Waals surface area contributed by atoms with E-state index in [0.29, 0.717) is 13.1 Å². The number of amides is 3. The maximum atomic E-state index is 13.2. The minimum absolute atomic E-state index is 0.0259. The topological polar surface area (TPSA) is 43.9 Å². The first kappa shape index (κ1) is 17.8. The molecule has 5 nitrogen and oxygen atoms in total. The summed E-state index contributed by atoms with van der Waals surface area (Å²) in [7, 11) is 3.55. The fourth-order valence-corrected chi connectivity index (χ4v) is 4.13. The molecule has 0 aromatic heterocycles. The molecule has 0 radical (unpaired) electrons. The van der Waals surface area contributed by atoms with Crippen LogP contribution in [-0.4, -0.2) is 55.5 Å². The summed E-state index contributed by atoms with van der Waals surface area (Å²) in [5.41, 5.74) is 4.94. The number of benzene rings is 1. The average Bonchev–Trinajstić information content (AvgIpc) is 2.60. The van der Waals surface area contributed by atoms with E-state index in [1.165, 1.54) is 16.7 Å². The predicted molar refractivity (Wildman–Crippen MR) is 100.0 cm³/mol. The van der Waals surface area contributed by atoms with Crippen LogP contribution in [0.3, 0.4) is 0 Å². The van der Waals surface area contributed by atoms with Crippen molar-refractivity contribution < 1.29 is 9.59 Å². The molecule has 25 heavy (non-hydrogen) atoms. The number of hydrogen-bond acceptors (Lipinski definition) is 2. The van der Waals surface area contributed by atoms with E-state index in [2.05, 4.69) is 26.0 Å². The van der Waals surface area contributed by atoms with Crippen LogP contribution >= 0.6 is 0 Å². The lowest BCUT2D eigenvalue weighted by Gasteiger charge is -2.37. The fraction of sp³-hybridized carbons (Fsp3) is 0.600. The lowest BCUT2D eigenvalue weighted by molar-refractivity contribution is -0.123. The highest BCUT2D eigenvalue weighted by Crippen LogP contribution is 2.33. The Bertz CT molecular complexity index is 676. The van der Waals surface area contributed by atoms with Crippen LogP contribution in [0, 0.1) is 19.8 Å². The second-order valence-electron chi connectivity index (χ2n) is 7.61. The highest BCUT2D eigenvalue weighted by molar-refractivity contribution is 5.96. The molecule has 0 unspecified atom stereocenters. The molecule has 3 rings (SSSR count). The van der Waals surface area contributed by atoms with E-state index in [0.717, 1.165) is 37.9 Å². The fourth-order valence-electron chi connectivity index (χ4n) is 4.13. The van der Waals surface area contributed by atoms with Gasteiger partial charge in [-0.1, -0.05) is 6.07 Å². The van der Waals surface area contributed by atoms with Crippen molar-refractivity contribution in [3.05, 3.63) is 28.8 Å². The van der Waals surface area contributed by atoms with Gasteiger partial charge in [-0.15, -0.1) is 0 Å². The normalized spacial score (nSPS) is 18.1. The Hall–Kier alpha value is -2.04. The monoisotopic (exact) mass is 343 g/mol. The van der Waals surface area contributed by atoms with Crippen LogP contribution in [0.4, 0.5) is 10.5 Å². The van der Waals surface area contributed by atoms with Gasteiger partial charge in [0.05, 0.1) is 0 Å². The summed E-state index contributed by atoms with van der Waals surface area (Å²) in [5.74, 6) is 0.265. The molecule has 1 saturated heterocycles. The molecule has 0 spiro atoms. The Kier molecular flexibility index (Phi) is 5.02. The number of aryl methyl sites for hydroxylation is 2. The minimum atomic E-state index is 0.0259. The molecule has 1 aromatic rings. The third kappa shape index (κ3) is 3.51. The Morgan fingerprint density at radius 1 is 1.08 bits per heavy atom. The summed E-state index contributed by atoms with van der Waals surface area (Å²) in [6.45, 7) is 6.38. The Labute approximate surface area is 150 Å². The Morgan fingerprint density at radius 3 is 2.40 bits per heavy atom. The smallest absolute Gasteiger partial charge is 0.319 e. The van der Waals surface area contributed by atoms with Crippen LogP contribution in [-0.2, 0) is 11.2 Å². The molecule has 1 aromatic carbocycles. The van der Waals surface area contributed by atoms with Gasteiger partial charge in [0.1, 0.15) is 0 Å². The zero-order chi connectivity index (χ0) is 18.1. The summed E-state index contributed by atoms with van der Waals surface area (Å²) >= 11 is 0. The Morgan fingerprint density at radius 2 is 1.76 bits per heavy atom. The van der Waals surface area contributed by atoms with E-state index >= 15 is 0 Å². The van der Waals surface area contributed by atoms with Crippen molar-refractivity contribution in [2.24, 2.45) is 5.92 Å². The van der Waals surface area contributed by atoms with Crippen molar-refractivity contribution in [3.8, 4) is 0 Å². The van der Waals surface area contributed by atoms with Crippen molar-refractivity contribution in [2.75, 3.05) is 38.6 Å². The van der Waals surface area contributed by atoms with E-state index in [1.54, 1.807) is 19.0 Å². The van der Waals surface area contributed by atoms with Crippen LogP contribution in [0.25, 0.3) is 0 Å². The molecular weight excluding hydrogens is 314 g/mol. The van der Waals surface area contributed by atoms with Gasteiger partial charge in [0.15, 0.2) is 0 Å². The lowest BCUT2D eigenvalue weighted by atomic mass is 9.91. The molecule has 0 bridgehead atoms. The van der Waals surface area contributed by atoms with E-state index < -0.39 is 0 Å². The quantitative estimate of drug-likeness (QED) is 0.787. The van der Waals surface area contributed by atoms with E-state index in [4.69, 9.17) is 0 Å². The van der Waals surface area contributed by atoms with Crippen LogP contribution in [0.2, 0.25) is 0 Å². The maximum Gasteiger partial charge on any atom is 0.319 e. The molecule has 0 saturated carbocycles. The van der Waals surface area contributed by atoms with Crippen molar-refractivity contribution in [1.82, 2.24) is 9.80 Å². The molecule has 0 N–H and O–H groups in total. The molecule has 0 aliphatic carbocycles. The van der Waals surface area contributed by atoms with Crippen LogP contribution in [0.15, 0.2) is 12.1 Å². The number of carbonyl (C=O) groups excluding carboxylic acids is 2. The zero-order valence-corrected chi connectivity index (χ0v) is 15.8. The summed E-state index contributed by atoms with van der Waals surface area (Å²) in [6.07, 6.45) is 3.60. The van der Waals surface area contributed by atoms with Gasteiger partial charge in [0, 0.05) is 45.3 Å². The van der Waals surface area contributed by atoms with Gasteiger partial charge >= 0.3 is 6.03 Å². The van der Waals surface area contributed by atoms with Gasteiger partial charge in [-0.3, -0.25) is 4.79 Å². The number of hydrogen-bond donors (Lipinski definition) is 0. The number of carbonyl (C=O) groups is 2. The van der Waals surface area contributed by atoms with Gasteiger partial charge < -0.3 is 14.7 Å². The summed E-state index contributed by atoms with van der Waals surface area (Å²) in [5, 5.41) is 0. The molecule has 3 amide bonds. The maximum absolute atomic E-state index is 13.2. The van der Waals surface area contributed by atoms with Crippen LogP contribution in [0.5, 0.6) is 0 Å². The first-order valence-electron chi connectivity index (χ1n) is 9.26. The molecule has 1 fully saturated rings. The number of nitrogens with zero attached hydrogens (tertiary/aromatic N) is 3. The third-order valence-corrected chi connectivity index (χ3v) is 5.46. The van der Waals surface area contributed by atoms with Gasteiger partial charge in [-0.05, 0) is 62.3 Å². The number of urea groups is 1. The largest absolute Gasteiger partial charge is 0.331 e. The van der Waals surface area contributed by atoms with Crippen LogP contribution < -0.4 is 4.90 Å². The SMILES string of the molecule is Cc1cc(C)c2c(c1)N(C(=O)C1CCN(C(=O)N(C)C)CC1)CCC2. The minimum Gasteiger partial charge on any atom is -0.331 e. The number of anilines is 1. The average molecular weight is 343 g/mol. The van der Waals surface area contributed by atoms with Gasteiger partial charge in [0.25, 0.3) is 0 Å². The predicted octanol–water partition coefficient (Wildman–Crippen LogP) is 2.98. The second-order valence-corrected chi connectivity index (χ2v) is 7.61. The van der Waals surface area contributed by atoms with Gasteiger partial charge in [-0.25, -0.2) is 4.79 Å². The van der Waals surface area contributed by atoms with Crippen molar-refractivity contribution in [2.45, 2.75) is 39.5 Å². The molecular formula is C20H29N3O2. The van der Waals surface area contributed by atoms with E-state index in [9.17, 15) is 9.59 Å². The van der Waals surface area contributed by atoms with Crippen molar-refractivity contribution in [1.29, 1.82) is 0 Å². The first-order valence-corrected chi connectivity index (χ1v) is 9.26. The first-order chi connectivity index (χ1) is 11.9. The second kappa shape index (κ2) is 7.06. The molecule has 5 heteroatoms. The molecule has 136 valence electrons. The van der Waals surface area contributed by atoms with E-state index in [-0.39, 0.29) is 17.9 Å². The summed E-state index contributed by atoms with van der Waals surface area (Å²) in [6, 6.07) is 4.41. The number of piperidine rings is 1. The number of fused-ring (bicyclic) bond motifs is 1. The highest BCUT2D eigenvalue weighted by atomic mass is 16.2. The Balaban J connectivity index is 1.73. The van der Waals surface area contributed by atoms with Gasteiger partial charge in [0.2, 0.25) is 5.91 Å². The zero-order valence-electron chi connectivity index (χ0n) is 15.8. The lowest BCUT2D eigenvalue weighted by Crippen LogP contribution is -2.48. The molecule has 2 heterocycles. The summed E-state index contributed by atoms with van der Waals surface area (Å²) in [4.78, 5) is 30.7. The molecule has 2 aliphatic heterocycles.